The van der Waals surface area contributed by atoms with Gasteiger partial charge in [0.15, 0.2) is 0 Å². The Morgan fingerprint density at radius 1 is 1.38 bits per heavy atom. The van der Waals surface area contributed by atoms with E-state index in [4.69, 9.17) is 11.3 Å². The van der Waals surface area contributed by atoms with Gasteiger partial charge in [0.2, 0.25) is 5.69 Å². The zero-order valence-corrected chi connectivity index (χ0v) is 14.6. The second-order valence-corrected chi connectivity index (χ2v) is 12.3. The molecular formula is C15H18F3N3O2Si. The first-order valence-electron chi connectivity index (χ1n) is 7.31. The van der Waals surface area contributed by atoms with E-state index < -0.39 is 25.4 Å². The molecule has 0 aromatic carbocycles. The van der Waals surface area contributed by atoms with Gasteiger partial charge in [-0.05, 0) is 6.04 Å². The lowest BCUT2D eigenvalue weighted by molar-refractivity contribution is -0.136. The highest BCUT2D eigenvalue weighted by atomic mass is 28.3. The Bertz CT molecular complexity index is 841. The van der Waals surface area contributed by atoms with Gasteiger partial charge in [-0.2, -0.15) is 13.2 Å². The molecule has 0 aliphatic heterocycles. The van der Waals surface area contributed by atoms with E-state index in [2.05, 4.69) is 29.5 Å². The fourth-order valence-electron chi connectivity index (χ4n) is 2.28. The number of pyridine rings is 1. The maximum Gasteiger partial charge on any atom is 0.417 e. The van der Waals surface area contributed by atoms with Crippen LogP contribution >= 0.6 is 0 Å². The third-order valence-corrected chi connectivity index (χ3v) is 5.25. The number of aromatic amines is 1. The standard InChI is InChI=1S/C15H18F3N3O2Si/c1-19-11-8-21(9-23-5-6-24(2,3)4)13-12(11)10(15(16,17)18)7-20-14(13)22/h7-8H,5-6,9H2,2-4H3,(H,20,22). The number of halogens is 3. The molecule has 1 N–H and O–H groups in total. The summed E-state index contributed by atoms with van der Waals surface area (Å²) in [6, 6.07) is 0.895. The first kappa shape index (κ1) is 18.3. The Labute approximate surface area is 137 Å². The largest absolute Gasteiger partial charge is 0.417 e. The van der Waals surface area contributed by atoms with Crippen LogP contribution in [0.2, 0.25) is 25.7 Å². The molecule has 9 heteroatoms. The highest BCUT2D eigenvalue weighted by Crippen LogP contribution is 2.38. The summed E-state index contributed by atoms with van der Waals surface area (Å²) in [4.78, 5) is 17.2. The van der Waals surface area contributed by atoms with Gasteiger partial charge in [-0.15, -0.1) is 0 Å². The smallest absolute Gasteiger partial charge is 0.361 e. The highest BCUT2D eigenvalue weighted by Gasteiger charge is 2.35. The second-order valence-electron chi connectivity index (χ2n) is 6.70. The van der Waals surface area contributed by atoms with Gasteiger partial charge in [0.25, 0.3) is 5.56 Å². The van der Waals surface area contributed by atoms with Crippen LogP contribution < -0.4 is 5.56 Å². The number of nitrogens with one attached hydrogen (secondary N) is 1. The highest BCUT2D eigenvalue weighted by molar-refractivity contribution is 6.76. The van der Waals surface area contributed by atoms with Crippen LogP contribution in [-0.4, -0.2) is 24.2 Å². The van der Waals surface area contributed by atoms with E-state index >= 15 is 0 Å². The SMILES string of the molecule is [C-]#[N+]c1cn(COCC[Si](C)(C)C)c2c(=O)[nH]cc(C(F)(F)F)c12. The average molecular weight is 357 g/mol. The zero-order chi connectivity index (χ0) is 18.1. The number of fused-ring (bicyclic) bond motifs is 1. The Hall–Kier alpha value is -2.05. The molecule has 0 aliphatic carbocycles. The van der Waals surface area contributed by atoms with E-state index in [1.807, 2.05) is 0 Å². The monoisotopic (exact) mass is 357 g/mol. The number of ether oxygens (including phenoxy) is 1. The molecule has 2 aromatic heterocycles. The van der Waals surface area contributed by atoms with E-state index in [1.54, 1.807) is 0 Å². The molecule has 0 aliphatic rings. The van der Waals surface area contributed by atoms with Gasteiger partial charge >= 0.3 is 6.18 Å². The normalized spacial score (nSPS) is 12.5. The number of rotatable bonds is 5. The summed E-state index contributed by atoms with van der Waals surface area (Å²) in [7, 11) is -1.29. The van der Waals surface area contributed by atoms with Gasteiger partial charge in [0, 0.05) is 32.5 Å². The quantitative estimate of drug-likeness (QED) is 0.495. The molecule has 0 saturated heterocycles. The topological polar surface area (TPSA) is 51.4 Å². The lowest BCUT2D eigenvalue weighted by atomic mass is 10.1. The molecule has 2 aromatic rings. The Kier molecular flexibility index (Phi) is 4.91. The molecule has 0 fully saturated rings. The summed E-state index contributed by atoms with van der Waals surface area (Å²) in [6.45, 7) is 14.0. The maximum atomic E-state index is 13.2. The van der Waals surface area contributed by atoms with Crippen molar-refractivity contribution in [3.05, 3.63) is 39.7 Å². The molecule has 0 amide bonds. The van der Waals surface area contributed by atoms with Gasteiger partial charge in [-0.25, -0.2) is 4.85 Å². The van der Waals surface area contributed by atoms with E-state index in [0.29, 0.717) is 12.8 Å². The van der Waals surface area contributed by atoms with E-state index in [9.17, 15) is 18.0 Å². The molecule has 24 heavy (non-hydrogen) atoms. The predicted octanol–water partition coefficient (Wildman–Crippen LogP) is 4.21. The van der Waals surface area contributed by atoms with Crippen molar-refractivity contribution in [2.45, 2.75) is 38.6 Å². The molecule has 0 radical (unpaired) electrons. The van der Waals surface area contributed by atoms with Crippen molar-refractivity contribution in [2.75, 3.05) is 6.61 Å². The number of hydrogen-bond donors (Lipinski definition) is 1. The molecule has 2 heterocycles. The van der Waals surface area contributed by atoms with Gasteiger partial charge in [0.1, 0.15) is 12.2 Å². The molecule has 5 nitrogen and oxygen atoms in total. The van der Waals surface area contributed by atoms with Crippen molar-refractivity contribution in [1.82, 2.24) is 9.55 Å². The van der Waals surface area contributed by atoms with Crippen LogP contribution in [0.1, 0.15) is 5.56 Å². The number of hydrogen-bond acceptors (Lipinski definition) is 2. The van der Waals surface area contributed by atoms with E-state index in [-0.39, 0.29) is 23.3 Å². The minimum atomic E-state index is -4.66. The zero-order valence-electron chi connectivity index (χ0n) is 13.6. The average Bonchev–Trinajstić information content (AvgIpc) is 2.81. The summed E-state index contributed by atoms with van der Waals surface area (Å²) >= 11 is 0. The summed E-state index contributed by atoms with van der Waals surface area (Å²) < 4.78 is 46.2. The Balaban J connectivity index is 2.43. The maximum absolute atomic E-state index is 13.2. The fraction of sp³-hybridized carbons (Fsp3) is 0.467. The molecule has 130 valence electrons. The van der Waals surface area contributed by atoms with Crippen molar-refractivity contribution in [2.24, 2.45) is 0 Å². The van der Waals surface area contributed by atoms with Crippen molar-refractivity contribution >= 4 is 24.7 Å². The Morgan fingerprint density at radius 2 is 2.04 bits per heavy atom. The third kappa shape index (κ3) is 3.88. The third-order valence-electron chi connectivity index (χ3n) is 3.54. The van der Waals surface area contributed by atoms with Crippen molar-refractivity contribution in [3.8, 4) is 0 Å². The van der Waals surface area contributed by atoms with E-state index in [1.165, 1.54) is 10.8 Å². The van der Waals surface area contributed by atoms with Crippen LogP contribution in [-0.2, 0) is 17.6 Å². The van der Waals surface area contributed by atoms with Crippen molar-refractivity contribution in [3.63, 3.8) is 0 Å². The number of aromatic nitrogens is 2. The molecule has 0 atom stereocenters. The Morgan fingerprint density at radius 3 is 2.58 bits per heavy atom. The van der Waals surface area contributed by atoms with Crippen LogP contribution in [0.25, 0.3) is 15.7 Å². The van der Waals surface area contributed by atoms with Crippen LogP contribution in [0.15, 0.2) is 17.2 Å². The first-order valence-corrected chi connectivity index (χ1v) is 11.0. The van der Waals surface area contributed by atoms with Crippen molar-refractivity contribution < 1.29 is 17.9 Å². The molecule has 0 unspecified atom stereocenters. The van der Waals surface area contributed by atoms with Crippen LogP contribution in [0.4, 0.5) is 18.9 Å². The van der Waals surface area contributed by atoms with Crippen LogP contribution in [0.5, 0.6) is 0 Å². The van der Waals surface area contributed by atoms with Crippen LogP contribution in [0, 0.1) is 6.57 Å². The van der Waals surface area contributed by atoms with E-state index in [0.717, 1.165) is 6.04 Å². The lowest BCUT2D eigenvalue weighted by Crippen LogP contribution is -2.22. The van der Waals surface area contributed by atoms with Gasteiger partial charge < -0.3 is 14.3 Å². The summed E-state index contributed by atoms with van der Waals surface area (Å²) in [5, 5.41) is -0.380. The number of alkyl halides is 3. The van der Waals surface area contributed by atoms with Crippen molar-refractivity contribution in [1.29, 1.82) is 0 Å². The van der Waals surface area contributed by atoms with Crippen LogP contribution in [0.3, 0.4) is 0 Å². The van der Waals surface area contributed by atoms with Gasteiger partial charge in [-0.3, -0.25) is 4.79 Å². The first-order chi connectivity index (χ1) is 11.0. The molecule has 2 rings (SSSR count). The predicted molar refractivity (Wildman–Crippen MR) is 87.9 cm³/mol. The molecule has 0 saturated carbocycles. The minimum Gasteiger partial charge on any atom is -0.361 e. The second kappa shape index (κ2) is 6.45. The minimum absolute atomic E-state index is 0.0686. The fourth-order valence-corrected chi connectivity index (χ4v) is 3.04. The molecule has 0 bridgehead atoms. The molecular weight excluding hydrogens is 339 g/mol. The van der Waals surface area contributed by atoms with Gasteiger partial charge in [-0.1, -0.05) is 19.6 Å². The summed E-state index contributed by atoms with van der Waals surface area (Å²) in [5.74, 6) is 0. The summed E-state index contributed by atoms with van der Waals surface area (Å²) in [6.07, 6.45) is -2.82. The lowest BCUT2D eigenvalue weighted by Gasteiger charge is -2.16. The number of H-pyrrole nitrogens is 1. The number of nitrogens with zero attached hydrogens (tertiary/aromatic N) is 2. The molecule has 0 spiro atoms. The summed E-state index contributed by atoms with van der Waals surface area (Å²) in [5.41, 5.74) is -2.10. The van der Waals surface area contributed by atoms with Gasteiger partial charge in [0.05, 0.1) is 12.1 Å².